The van der Waals surface area contributed by atoms with Gasteiger partial charge in [-0.1, -0.05) is 19.9 Å². The first kappa shape index (κ1) is 19.9. The first-order valence-corrected chi connectivity index (χ1v) is 11.1. The van der Waals surface area contributed by atoms with E-state index < -0.39 is 0 Å². The fourth-order valence-corrected chi connectivity index (χ4v) is 5.24. The molecular weight excluding hydrogens is 392 g/mol. The predicted octanol–water partition coefficient (Wildman–Crippen LogP) is 2.83. The fourth-order valence-electron chi connectivity index (χ4n) is 5.24. The lowest BCUT2D eigenvalue weighted by molar-refractivity contribution is 0.0501. The molecule has 8 heteroatoms. The summed E-state index contributed by atoms with van der Waals surface area (Å²) in [6.45, 7) is 7.53. The Morgan fingerprint density at radius 2 is 2.03 bits per heavy atom. The highest BCUT2D eigenvalue weighted by molar-refractivity contribution is 5.91. The second-order valence-corrected chi connectivity index (χ2v) is 9.36. The van der Waals surface area contributed by atoms with Gasteiger partial charge >= 0.3 is 0 Å². The smallest absolute Gasteiger partial charge is 0.292 e. The Morgan fingerprint density at radius 1 is 1.19 bits per heavy atom. The monoisotopic (exact) mass is 420 g/mol. The summed E-state index contributed by atoms with van der Waals surface area (Å²) >= 11 is 0. The lowest BCUT2D eigenvalue weighted by Crippen LogP contribution is -2.51. The molecule has 3 aromatic heterocycles. The maximum atomic E-state index is 13.4. The van der Waals surface area contributed by atoms with Gasteiger partial charge in [-0.25, -0.2) is 4.98 Å². The van der Waals surface area contributed by atoms with Crippen LogP contribution in [0.3, 0.4) is 0 Å². The Balaban J connectivity index is 1.49. The summed E-state index contributed by atoms with van der Waals surface area (Å²) in [5.41, 5.74) is 1.96. The van der Waals surface area contributed by atoms with E-state index in [4.69, 9.17) is 0 Å². The van der Waals surface area contributed by atoms with Crippen molar-refractivity contribution in [1.29, 1.82) is 0 Å². The molecule has 0 N–H and O–H groups in total. The van der Waals surface area contributed by atoms with Crippen molar-refractivity contribution >= 4 is 11.7 Å². The molecule has 31 heavy (non-hydrogen) atoms. The number of piperidine rings is 1. The third kappa shape index (κ3) is 3.43. The van der Waals surface area contributed by atoms with Gasteiger partial charge in [0.2, 0.25) is 5.82 Å². The highest BCUT2D eigenvalue weighted by Crippen LogP contribution is 2.43. The third-order valence-electron chi connectivity index (χ3n) is 6.74. The molecule has 0 aromatic carbocycles. The van der Waals surface area contributed by atoms with Crippen molar-refractivity contribution in [2.45, 2.75) is 52.0 Å². The van der Waals surface area contributed by atoms with E-state index in [2.05, 4.69) is 35.1 Å². The summed E-state index contributed by atoms with van der Waals surface area (Å²) in [4.78, 5) is 32.5. The van der Waals surface area contributed by atoms with E-state index in [0.717, 1.165) is 30.7 Å². The van der Waals surface area contributed by atoms with Crippen molar-refractivity contribution in [3.05, 3.63) is 58.0 Å². The summed E-state index contributed by atoms with van der Waals surface area (Å²) in [5.74, 6) is 1.60. The SMILES string of the molecule is Cc1ccn2c(C(=O)N3C[C@H]4C[C@@H](C3)[C@H](CCC(C)C)n3c4cccc3=O)nnc2n1. The van der Waals surface area contributed by atoms with Gasteiger partial charge in [-0.05, 0) is 50.2 Å². The number of pyridine rings is 1. The average molecular weight is 421 g/mol. The van der Waals surface area contributed by atoms with Crippen LogP contribution in [0.1, 0.15) is 67.1 Å². The maximum Gasteiger partial charge on any atom is 0.292 e. The minimum Gasteiger partial charge on any atom is -0.335 e. The Bertz CT molecular complexity index is 1200. The van der Waals surface area contributed by atoms with Gasteiger partial charge < -0.3 is 9.47 Å². The van der Waals surface area contributed by atoms with E-state index in [-0.39, 0.29) is 29.3 Å². The first-order chi connectivity index (χ1) is 14.9. The van der Waals surface area contributed by atoms with Crippen molar-refractivity contribution in [1.82, 2.24) is 29.0 Å². The lowest BCUT2D eigenvalue weighted by atomic mass is 9.76. The van der Waals surface area contributed by atoms with Gasteiger partial charge in [-0.15, -0.1) is 10.2 Å². The van der Waals surface area contributed by atoms with E-state index in [1.54, 1.807) is 16.7 Å². The van der Waals surface area contributed by atoms with Crippen LogP contribution in [0.4, 0.5) is 0 Å². The van der Waals surface area contributed by atoms with Crippen LogP contribution in [0.25, 0.3) is 5.78 Å². The maximum absolute atomic E-state index is 13.4. The number of carbonyl (C=O) groups excluding carboxylic acids is 1. The van der Waals surface area contributed by atoms with Crippen molar-refractivity contribution in [3.63, 3.8) is 0 Å². The minimum atomic E-state index is -0.123. The molecule has 0 spiro atoms. The molecule has 162 valence electrons. The van der Waals surface area contributed by atoms with Gasteiger partial charge in [-0.3, -0.25) is 14.0 Å². The molecule has 3 aromatic rings. The van der Waals surface area contributed by atoms with E-state index >= 15 is 0 Å². The number of aromatic nitrogens is 5. The lowest BCUT2D eigenvalue weighted by Gasteiger charge is -2.47. The molecule has 8 nitrogen and oxygen atoms in total. The molecule has 3 atom stereocenters. The van der Waals surface area contributed by atoms with Gasteiger partial charge in [0, 0.05) is 48.7 Å². The molecule has 1 amide bonds. The zero-order valence-corrected chi connectivity index (χ0v) is 18.2. The normalized spacial score (nSPS) is 22.7. The summed E-state index contributed by atoms with van der Waals surface area (Å²) in [7, 11) is 0. The Morgan fingerprint density at radius 3 is 2.84 bits per heavy atom. The molecule has 0 aliphatic carbocycles. The fraction of sp³-hybridized carbons (Fsp3) is 0.522. The summed E-state index contributed by atoms with van der Waals surface area (Å²) < 4.78 is 3.68. The summed E-state index contributed by atoms with van der Waals surface area (Å²) in [6, 6.07) is 7.53. The molecule has 5 rings (SSSR count). The number of nitrogens with zero attached hydrogens (tertiary/aromatic N) is 6. The molecular formula is C23H28N6O2. The van der Waals surface area contributed by atoms with Crippen molar-refractivity contribution in [2.75, 3.05) is 13.1 Å². The van der Waals surface area contributed by atoms with Gasteiger partial charge in [-0.2, -0.15) is 0 Å². The van der Waals surface area contributed by atoms with Crippen LogP contribution in [-0.2, 0) is 0 Å². The number of likely N-dealkylation sites (tertiary alicyclic amines) is 1. The van der Waals surface area contributed by atoms with E-state index in [1.165, 1.54) is 0 Å². The standard InChI is InChI=1S/C23H28N6O2/c1-14(2)7-8-19-17-11-16(18-5-4-6-20(30)29(18)19)12-27(13-17)22(31)21-25-26-23-24-15(3)9-10-28(21)23/h4-6,9-10,14,16-17,19H,7-8,11-13H2,1-3H3/t16-,17+,19+/m1/s1. The van der Waals surface area contributed by atoms with Crippen LogP contribution >= 0.6 is 0 Å². The van der Waals surface area contributed by atoms with Crippen LogP contribution in [0.2, 0.25) is 0 Å². The highest BCUT2D eigenvalue weighted by Gasteiger charge is 2.42. The number of amides is 1. The zero-order valence-electron chi connectivity index (χ0n) is 18.2. The van der Waals surface area contributed by atoms with Gasteiger partial charge in [0.05, 0.1) is 0 Å². The first-order valence-electron chi connectivity index (χ1n) is 11.1. The van der Waals surface area contributed by atoms with Crippen LogP contribution < -0.4 is 5.56 Å². The zero-order chi connectivity index (χ0) is 21.7. The molecule has 2 aliphatic rings. The third-order valence-corrected chi connectivity index (χ3v) is 6.74. The number of carbonyl (C=O) groups is 1. The molecule has 2 bridgehead atoms. The highest BCUT2D eigenvalue weighted by atomic mass is 16.2. The Kier molecular flexibility index (Phi) is 4.87. The molecule has 0 saturated carbocycles. The second-order valence-electron chi connectivity index (χ2n) is 9.36. The van der Waals surface area contributed by atoms with Crippen molar-refractivity contribution < 1.29 is 4.79 Å². The Hall–Kier alpha value is -3.03. The Labute approximate surface area is 180 Å². The van der Waals surface area contributed by atoms with Crippen LogP contribution in [0.15, 0.2) is 35.3 Å². The summed E-state index contributed by atoms with van der Waals surface area (Å²) in [5, 5.41) is 8.23. The molecule has 2 aliphatic heterocycles. The average Bonchev–Trinajstić information content (AvgIpc) is 3.16. The summed E-state index contributed by atoms with van der Waals surface area (Å²) in [6.07, 6.45) is 4.82. The predicted molar refractivity (Wildman–Crippen MR) is 116 cm³/mol. The van der Waals surface area contributed by atoms with E-state index in [9.17, 15) is 9.59 Å². The van der Waals surface area contributed by atoms with Crippen LogP contribution in [0.5, 0.6) is 0 Å². The quantitative estimate of drug-likeness (QED) is 0.648. The topological polar surface area (TPSA) is 85.4 Å². The van der Waals surface area contributed by atoms with E-state index in [1.807, 2.05) is 28.5 Å². The van der Waals surface area contributed by atoms with E-state index in [0.29, 0.717) is 30.6 Å². The molecule has 1 saturated heterocycles. The number of hydrogen-bond acceptors (Lipinski definition) is 5. The number of hydrogen-bond donors (Lipinski definition) is 0. The van der Waals surface area contributed by atoms with Gasteiger partial charge in [0.15, 0.2) is 0 Å². The molecule has 0 unspecified atom stereocenters. The minimum absolute atomic E-state index is 0.0747. The van der Waals surface area contributed by atoms with Crippen molar-refractivity contribution in [3.8, 4) is 0 Å². The van der Waals surface area contributed by atoms with Gasteiger partial charge in [0.1, 0.15) is 0 Å². The van der Waals surface area contributed by atoms with Crippen molar-refractivity contribution in [2.24, 2.45) is 11.8 Å². The molecule has 0 radical (unpaired) electrons. The second kappa shape index (κ2) is 7.59. The number of rotatable bonds is 4. The molecule has 5 heterocycles. The molecule has 1 fully saturated rings. The number of fused-ring (bicyclic) bond motifs is 5. The largest absolute Gasteiger partial charge is 0.335 e. The van der Waals surface area contributed by atoms with Gasteiger partial charge in [0.25, 0.3) is 17.2 Å². The van der Waals surface area contributed by atoms with Crippen LogP contribution in [-0.4, -0.2) is 48.0 Å². The van der Waals surface area contributed by atoms with Crippen LogP contribution in [0, 0.1) is 18.8 Å². The number of aryl methyl sites for hydroxylation is 1.